The first kappa shape index (κ1) is 33.9. The summed E-state index contributed by atoms with van der Waals surface area (Å²) in [5.41, 5.74) is 0.835. The third-order valence-corrected chi connectivity index (χ3v) is 13.2. The standard InChI is InChI=1S/C36H40F3N5O2Si/c1-7-29(46-47(35(3,4)5,31-14-10-8-11-15-31)32-16-12-9-13-17-32)24-33-42-34(43-44(33)28-18-19-40-25(2)20-28)41-27-21-26(36(37,38)39)22-30(23-27)45-6/h8-23,29H,7,24H2,1-6H3,(H,41,43)/t29-/m0/s1. The molecule has 0 amide bonds. The summed E-state index contributed by atoms with van der Waals surface area (Å²) in [6.07, 6.45) is -2.02. The van der Waals surface area contributed by atoms with Crippen molar-refractivity contribution < 1.29 is 22.3 Å². The first-order valence-electron chi connectivity index (χ1n) is 15.5. The van der Waals surface area contributed by atoms with Crippen LogP contribution < -0.4 is 20.4 Å². The van der Waals surface area contributed by atoms with Gasteiger partial charge in [-0.05, 0) is 53.0 Å². The largest absolute Gasteiger partial charge is 0.497 e. The fourth-order valence-electron chi connectivity index (χ4n) is 5.89. The van der Waals surface area contributed by atoms with Crippen molar-refractivity contribution in [3.05, 3.63) is 114 Å². The van der Waals surface area contributed by atoms with Gasteiger partial charge in [0.25, 0.3) is 8.32 Å². The Hall–Kier alpha value is -4.48. The van der Waals surface area contributed by atoms with Gasteiger partial charge in [-0.1, -0.05) is 88.4 Å². The van der Waals surface area contributed by atoms with E-state index in [9.17, 15) is 13.2 Å². The molecule has 0 unspecified atom stereocenters. The zero-order valence-corrected chi connectivity index (χ0v) is 28.5. The molecule has 0 bridgehead atoms. The molecule has 0 radical (unpaired) electrons. The molecule has 5 aromatic rings. The lowest BCUT2D eigenvalue weighted by atomic mass is 10.2. The molecule has 47 heavy (non-hydrogen) atoms. The van der Waals surface area contributed by atoms with Crippen molar-refractivity contribution in [2.75, 3.05) is 12.4 Å². The van der Waals surface area contributed by atoms with Gasteiger partial charge in [-0.3, -0.25) is 4.98 Å². The maximum Gasteiger partial charge on any atom is 0.416 e. The van der Waals surface area contributed by atoms with Gasteiger partial charge in [0.1, 0.15) is 11.6 Å². The Kier molecular flexibility index (Phi) is 9.88. The monoisotopic (exact) mass is 659 g/mol. The van der Waals surface area contributed by atoms with Crippen LogP contribution in [0.5, 0.6) is 5.75 Å². The van der Waals surface area contributed by atoms with Gasteiger partial charge in [0.2, 0.25) is 5.95 Å². The number of methoxy groups -OCH3 is 1. The molecule has 2 aromatic heterocycles. The Morgan fingerprint density at radius 3 is 2.06 bits per heavy atom. The first-order valence-corrected chi connectivity index (χ1v) is 17.5. The number of anilines is 2. The highest BCUT2D eigenvalue weighted by Gasteiger charge is 2.51. The number of aromatic nitrogens is 4. The number of alkyl halides is 3. The normalized spacial score (nSPS) is 13.0. The minimum atomic E-state index is -4.55. The predicted molar refractivity (Wildman–Crippen MR) is 182 cm³/mol. The molecule has 0 aliphatic rings. The van der Waals surface area contributed by atoms with Crippen LogP contribution in [0.4, 0.5) is 24.8 Å². The van der Waals surface area contributed by atoms with E-state index in [0.29, 0.717) is 18.7 Å². The number of benzene rings is 3. The highest BCUT2D eigenvalue weighted by molar-refractivity contribution is 6.99. The summed E-state index contributed by atoms with van der Waals surface area (Å²) in [4.78, 5) is 9.14. The minimum Gasteiger partial charge on any atom is -0.497 e. The van der Waals surface area contributed by atoms with Crippen molar-refractivity contribution >= 4 is 30.3 Å². The van der Waals surface area contributed by atoms with Crippen LogP contribution in [-0.4, -0.2) is 41.3 Å². The average molecular weight is 660 g/mol. The number of ether oxygens (including phenoxy) is 1. The Morgan fingerprint density at radius 2 is 1.53 bits per heavy atom. The summed E-state index contributed by atoms with van der Waals surface area (Å²) in [5.74, 6) is 0.814. The summed E-state index contributed by atoms with van der Waals surface area (Å²) in [6, 6.07) is 28.0. The zero-order chi connectivity index (χ0) is 33.8. The van der Waals surface area contributed by atoms with E-state index in [4.69, 9.17) is 19.2 Å². The molecule has 0 saturated heterocycles. The van der Waals surface area contributed by atoms with E-state index < -0.39 is 20.1 Å². The Balaban J connectivity index is 1.58. The number of aryl methyl sites for hydroxylation is 1. The maximum absolute atomic E-state index is 13.7. The molecule has 5 rings (SSSR count). The lowest BCUT2D eigenvalue weighted by Crippen LogP contribution is -2.67. The molecule has 0 aliphatic heterocycles. The number of rotatable bonds is 11. The zero-order valence-electron chi connectivity index (χ0n) is 27.5. The van der Waals surface area contributed by atoms with Crippen molar-refractivity contribution in [1.82, 2.24) is 19.7 Å². The van der Waals surface area contributed by atoms with Gasteiger partial charge >= 0.3 is 6.18 Å². The van der Waals surface area contributed by atoms with E-state index in [2.05, 4.69) is 86.5 Å². The smallest absolute Gasteiger partial charge is 0.416 e. The average Bonchev–Trinajstić information content (AvgIpc) is 3.44. The summed E-state index contributed by atoms with van der Waals surface area (Å²) < 4.78 is 55.3. The fourth-order valence-corrected chi connectivity index (χ4v) is 10.7. The van der Waals surface area contributed by atoms with Crippen LogP contribution in [0.15, 0.2) is 97.2 Å². The van der Waals surface area contributed by atoms with Gasteiger partial charge in [-0.2, -0.15) is 18.2 Å². The van der Waals surface area contributed by atoms with Crippen LogP contribution >= 0.6 is 0 Å². The second kappa shape index (κ2) is 13.7. The Labute approximate surface area is 274 Å². The fraction of sp³-hybridized carbons (Fsp3) is 0.306. The first-order chi connectivity index (χ1) is 22.3. The molecule has 0 spiro atoms. The predicted octanol–water partition coefficient (Wildman–Crippen LogP) is 7.64. The molecule has 0 aliphatic carbocycles. The number of nitrogens with zero attached hydrogens (tertiary/aromatic N) is 4. The highest BCUT2D eigenvalue weighted by Crippen LogP contribution is 2.39. The van der Waals surface area contributed by atoms with Gasteiger partial charge in [0.15, 0.2) is 0 Å². The minimum absolute atomic E-state index is 0.0662. The van der Waals surface area contributed by atoms with Crippen LogP contribution in [0.2, 0.25) is 5.04 Å². The summed E-state index contributed by atoms with van der Waals surface area (Å²) in [6.45, 7) is 10.7. The highest BCUT2D eigenvalue weighted by atomic mass is 28.4. The van der Waals surface area contributed by atoms with Crippen LogP contribution in [0, 0.1) is 6.92 Å². The molecule has 1 N–H and O–H groups in total. The third-order valence-electron chi connectivity index (χ3n) is 8.15. The second-order valence-corrected chi connectivity index (χ2v) is 16.8. The molecule has 7 nitrogen and oxygen atoms in total. The molecule has 11 heteroatoms. The maximum atomic E-state index is 13.7. The van der Waals surface area contributed by atoms with E-state index in [0.717, 1.165) is 23.5 Å². The summed E-state index contributed by atoms with van der Waals surface area (Å²) in [5, 5.41) is 9.81. The molecule has 2 heterocycles. The quantitative estimate of drug-likeness (QED) is 0.147. The lowest BCUT2D eigenvalue weighted by Gasteiger charge is -2.45. The topological polar surface area (TPSA) is 74.1 Å². The van der Waals surface area contributed by atoms with Gasteiger partial charge < -0.3 is 14.5 Å². The molecule has 1 atom stereocenters. The number of nitrogens with one attached hydrogen (secondary N) is 1. The second-order valence-electron chi connectivity index (χ2n) is 12.5. The molecule has 246 valence electrons. The van der Waals surface area contributed by atoms with E-state index in [1.54, 1.807) is 10.9 Å². The lowest BCUT2D eigenvalue weighted by molar-refractivity contribution is -0.137. The van der Waals surface area contributed by atoms with E-state index in [1.807, 2.05) is 31.2 Å². The Morgan fingerprint density at radius 1 is 0.894 bits per heavy atom. The summed E-state index contributed by atoms with van der Waals surface area (Å²) >= 11 is 0. The van der Waals surface area contributed by atoms with Gasteiger partial charge in [-0.25, -0.2) is 4.68 Å². The number of pyridine rings is 1. The number of hydrogen-bond donors (Lipinski definition) is 1. The van der Waals surface area contributed by atoms with Crippen molar-refractivity contribution in [3.63, 3.8) is 0 Å². The van der Waals surface area contributed by atoms with Gasteiger partial charge in [0, 0.05) is 30.1 Å². The van der Waals surface area contributed by atoms with Crippen molar-refractivity contribution in [2.24, 2.45) is 0 Å². The van der Waals surface area contributed by atoms with E-state index >= 15 is 0 Å². The SMILES string of the molecule is CC[C@@H](Cc1nc(Nc2cc(OC)cc(C(F)(F)F)c2)nn1-c1ccnc(C)c1)O[Si](c1ccccc1)(c1ccccc1)C(C)(C)C. The van der Waals surface area contributed by atoms with Crippen LogP contribution in [0.25, 0.3) is 5.69 Å². The molecular formula is C36H40F3N5O2Si. The third kappa shape index (κ3) is 7.41. The van der Waals surface area contributed by atoms with Crippen molar-refractivity contribution in [3.8, 4) is 11.4 Å². The number of hydrogen-bond acceptors (Lipinski definition) is 6. The van der Waals surface area contributed by atoms with Crippen LogP contribution in [0.1, 0.15) is 51.2 Å². The molecule has 0 saturated carbocycles. The van der Waals surface area contributed by atoms with E-state index in [-0.39, 0.29) is 28.5 Å². The number of halogens is 3. The van der Waals surface area contributed by atoms with Crippen LogP contribution in [-0.2, 0) is 17.0 Å². The molecule has 0 fully saturated rings. The summed E-state index contributed by atoms with van der Waals surface area (Å²) in [7, 11) is -1.56. The molecule has 3 aromatic carbocycles. The van der Waals surface area contributed by atoms with Crippen molar-refractivity contribution in [2.45, 2.75) is 64.8 Å². The van der Waals surface area contributed by atoms with Crippen LogP contribution in [0.3, 0.4) is 0 Å². The van der Waals surface area contributed by atoms with Gasteiger partial charge in [-0.15, -0.1) is 5.10 Å². The Bertz CT molecular complexity index is 1750. The van der Waals surface area contributed by atoms with E-state index in [1.165, 1.54) is 23.5 Å². The van der Waals surface area contributed by atoms with Gasteiger partial charge in [0.05, 0.1) is 24.5 Å². The van der Waals surface area contributed by atoms with Crippen molar-refractivity contribution in [1.29, 1.82) is 0 Å². The molecular weight excluding hydrogens is 620 g/mol.